The minimum atomic E-state index is 0.00851. The number of carbonyl (C=O) groups excluding carboxylic acids is 1. The number of hydrogen-bond donors (Lipinski definition) is 0. The molecule has 102 valence electrons. The zero-order valence-corrected chi connectivity index (χ0v) is 13.1. The molecule has 2 rings (SSSR count). The van der Waals surface area contributed by atoms with Crippen molar-refractivity contribution in [3.05, 3.63) is 70.2 Å². The van der Waals surface area contributed by atoms with Crippen LogP contribution in [0.3, 0.4) is 0 Å². The summed E-state index contributed by atoms with van der Waals surface area (Å²) in [5, 5.41) is 0. The molecule has 3 heteroatoms. The lowest BCUT2D eigenvalue weighted by Gasteiger charge is -2.13. The quantitative estimate of drug-likeness (QED) is 0.611. The van der Waals surface area contributed by atoms with E-state index in [0.717, 1.165) is 15.7 Å². The highest BCUT2D eigenvalue weighted by atomic mass is 79.9. The van der Waals surface area contributed by atoms with E-state index in [1.165, 1.54) is 0 Å². The molecule has 0 unspecified atom stereocenters. The van der Waals surface area contributed by atoms with Crippen molar-refractivity contribution in [3.8, 4) is 0 Å². The van der Waals surface area contributed by atoms with Gasteiger partial charge in [0.05, 0.1) is 0 Å². The first-order valence-corrected chi connectivity index (χ1v) is 7.11. The molecule has 0 atom stereocenters. The molecular weight excluding hydrogens is 314 g/mol. The summed E-state index contributed by atoms with van der Waals surface area (Å²) in [6.45, 7) is 0. The second-order valence-corrected chi connectivity index (χ2v) is 5.52. The molecule has 0 aliphatic rings. The zero-order chi connectivity index (χ0) is 14.5. The van der Waals surface area contributed by atoms with Crippen LogP contribution < -0.4 is 4.90 Å². The Bertz CT molecular complexity index is 633. The number of rotatable bonds is 4. The van der Waals surface area contributed by atoms with Crippen LogP contribution in [0, 0.1) is 0 Å². The van der Waals surface area contributed by atoms with Crippen LogP contribution in [-0.2, 0) is 0 Å². The Hall–Kier alpha value is -1.87. The van der Waals surface area contributed by atoms with E-state index in [1.807, 2.05) is 73.6 Å². The van der Waals surface area contributed by atoms with Crippen molar-refractivity contribution in [2.75, 3.05) is 19.0 Å². The van der Waals surface area contributed by atoms with Crippen molar-refractivity contribution < 1.29 is 4.79 Å². The van der Waals surface area contributed by atoms with Crippen LogP contribution in [0.15, 0.2) is 59.1 Å². The van der Waals surface area contributed by atoms with Gasteiger partial charge in [0, 0.05) is 29.8 Å². The third kappa shape index (κ3) is 3.58. The average molecular weight is 330 g/mol. The van der Waals surface area contributed by atoms with Crippen LogP contribution in [0.5, 0.6) is 0 Å². The fraction of sp³-hybridized carbons (Fsp3) is 0.118. The maximum atomic E-state index is 12.0. The molecule has 0 aliphatic carbocycles. The number of hydrogen-bond acceptors (Lipinski definition) is 2. The fourth-order valence-electron chi connectivity index (χ4n) is 1.79. The van der Waals surface area contributed by atoms with Crippen LogP contribution in [0.4, 0.5) is 5.69 Å². The fourth-order valence-corrected chi connectivity index (χ4v) is 2.29. The van der Waals surface area contributed by atoms with Gasteiger partial charge in [0.15, 0.2) is 5.78 Å². The minimum absolute atomic E-state index is 0.00851. The molecule has 0 heterocycles. The Labute approximate surface area is 127 Å². The molecule has 0 fully saturated rings. The van der Waals surface area contributed by atoms with Gasteiger partial charge in [0.2, 0.25) is 0 Å². The number of carbonyl (C=O) groups is 1. The standard InChI is InChI=1S/C17H16BrNO/c1-19(2)15-10-8-13(16(18)12-15)9-11-17(20)14-6-4-3-5-7-14/h3-12H,1-2H3/b11-9+. The molecule has 0 N–H and O–H groups in total. The smallest absolute Gasteiger partial charge is 0.185 e. The van der Waals surface area contributed by atoms with Crippen molar-refractivity contribution in [1.29, 1.82) is 0 Å². The number of anilines is 1. The Balaban J connectivity index is 2.18. The number of nitrogens with zero attached hydrogens (tertiary/aromatic N) is 1. The van der Waals surface area contributed by atoms with E-state index in [0.29, 0.717) is 5.56 Å². The van der Waals surface area contributed by atoms with Crippen molar-refractivity contribution in [3.63, 3.8) is 0 Å². The van der Waals surface area contributed by atoms with E-state index < -0.39 is 0 Å². The summed E-state index contributed by atoms with van der Waals surface area (Å²) in [6.07, 6.45) is 3.43. The summed E-state index contributed by atoms with van der Waals surface area (Å²) in [7, 11) is 3.99. The van der Waals surface area contributed by atoms with Gasteiger partial charge in [-0.15, -0.1) is 0 Å². The third-order valence-electron chi connectivity index (χ3n) is 2.97. The molecule has 2 aromatic rings. The van der Waals surface area contributed by atoms with Crippen molar-refractivity contribution in [1.82, 2.24) is 0 Å². The van der Waals surface area contributed by atoms with E-state index in [4.69, 9.17) is 0 Å². The van der Waals surface area contributed by atoms with Gasteiger partial charge in [-0.2, -0.15) is 0 Å². The van der Waals surface area contributed by atoms with E-state index in [9.17, 15) is 4.79 Å². The Morgan fingerprint density at radius 3 is 2.40 bits per heavy atom. The zero-order valence-electron chi connectivity index (χ0n) is 11.5. The van der Waals surface area contributed by atoms with E-state index in [1.54, 1.807) is 6.08 Å². The van der Waals surface area contributed by atoms with Crippen LogP contribution >= 0.6 is 15.9 Å². The highest BCUT2D eigenvalue weighted by molar-refractivity contribution is 9.10. The first kappa shape index (κ1) is 14.5. The van der Waals surface area contributed by atoms with E-state index in [-0.39, 0.29) is 5.78 Å². The van der Waals surface area contributed by atoms with Gasteiger partial charge >= 0.3 is 0 Å². The second-order valence-electron chi connectivity index (χ2n) is 4.66. The van der Waals surface area contributed by atoms with Gasteiger partial charge in [0.25, 0.3) is 0 Å². The first-order valence-electron chi connectivity index (χ1n) is 6.32. The van der Waals surface area contributed by atoms with E-state index >= 15 is 0 Å². The van der Waals surface area contributed by atoms with Gasteiger partial charge in [-0.3, -0.25) is 4.79 Å². The highest BCUT2D eigenvalue weighted by Gasteiger charge is 2.03. The summed E-state index contributed by atoms with van der Waals surface area (Å²) in [5.41, 5.74) is 2.80. The molecule has 0 aromatic heterocycles. The summed E-state index contributed by atoms with van der Waals surface area (Å²) < 4.78 is 0.973. The number of ketones is 1. The largest absolute Gasteiger partial charge is 0.378 e. The van der Waals surface area contributed by atoms with Crippen LogP contribution in [0.25, 0.3) is 6.08 Å². The molecule has 0 spiro atoms. The lowest BCUT2D eigenvalue weighted by molar-refractivity contribution is 0.104. The van der Waals surface area contributed by atoms with Gasteiger partial charge < -0.3 is 4.90 Å². The molecule has 20 heavy (non-hydrogen) atoms. The Morgan fingerprint density at radius 1 is 1.10 bits per heavy atom. The average Bonchev–Trinajstić information content (AvgIpc) is 2.46. The van der Waals surface area contributed by atoms with Crippen LogP contribution in [0.1, 0.15) is 15.9 Å². The van der Waals surface area contributed by atoms with Gasteiger partial charge in [-0.25, -0.2) is 0 Å². The summed E-state index contributed by atoms with van der Waals surface area (Å²) in [6, 6.07) is 15.3. The molecule has 0 aliphatic heterocycles. The Kier molecular flexibility index (Phi) is 4.74. The normalized spacial score (nSPS) is 10.8. The number of benzene rings is 2. The minimum Gasteiger partial charge on any atom is -0.378 e. The van der Waals surface area contributed by atoms with Crippen molar-refractivity contribution in [2.24, 2.45) is 0 Å². The van der Waals surface area contributed by atoms with Crippen LogP contribution in [-0.4, -0.2) is 19.9 Å². The molecule has 0 radical (unpaired) electrons. The molecular formula is C17H16BrNO. The predicted octanol–water partition coefficient (Wildman–Crippen LogP) is 4.41. The predicted molar refractivity (Wildman–Crippen MR) is 88.3 cm³/mol. The van der Waals surface area contributed by atoms with Crippen molar-refractivity contribution >= 4 is 33.5 Å². The lowest BCUT2D eigenvalue weighted by atomic mass is 10.1. The first-order chi connectivity index (χ1) is 9.58. The van der Waals surface area contributed by atoms with Gasteiger partial charge in [0.1, 0.15) is 0 Å². The molecule has 2 aromatic carbocycles. The van der Waals surface area contributed by atoms with Gasteiger partial charge in [-0.1, -0.05) is 52.3 Å². The lowest BCUT2D eigenvalue weighted by Crippen LogP contribution is -2.08. The van der Waals surface area contributed by atoms with Gasteiger partial charge in [-0.05, 0) is 29.8 Å². The highest BCUT2D eigenvalue weighted by Crippen LogP contribution is 2.24. The third-order valence-corrected chi connectivity index (χ3v) is 3.66. The monoisotopic (exact) mass is 329 g/mol. The molecule has 0 saturated carbocycles. The molecule has 2 nitrogen and oxygen atoms in total. The summed E-state index contributed by atoms with van der Waals surface area (Å²) in [5.74, 6) is 0.00851. The second kappa shape index (κ2) is 6.53. The van der Waals surface area contributed by atoms with Crippen molar-refractivity contribution in [2.45, 2.75) is 0 Å². The number of halogens is 1. The maximum Gasteiger partial charge on any atom is 0.185 e. The van der Waals surface area contributed by atoms with E-state index in [2.05, 4.69) is 15.9 Å². The maximum absolute atomic E-state index is 12.0. The topological polar surface area (TPSA) is 20.3 Å². The number of allylic oxidation sites excluding steroid dienone is 1. The van der Waals surface area contributed by atoms with Crippen LogP contribution in [0.2, 0.25) is 0 Å². The molecule has 0 saturated heterocycles. The summed E-state index contributed by atoms with van der Waals surface area (Å²) >= 11 is 3.53. The molecule has 0 amide bonds. The molecule has 0 bridgehead atoms. The SMILES string of the molecule is CN(C)c1ccc(/C=C/C(=O)c2ccccc2)c(Br)c1. The Morgan fingerprint density at radius 2 is 1.80 bits per heavy atom. The summed E-state index contributed by atoms with van der Waals surface area (Å²) in [4.78, 5) is 14.0.